The molecule has 33 heavy (non-hydrogen) atoms. The maximum Gasteiger partial charge on any atom is 0.408 e. The second-order valence-corrected chi connectivity index (χ2v) is 9.83. The van der Waals surface area contributed by atoms with Crippen molar-refractivity contribution in [2.45, 2.75) is 43.9 Å². The summed E-state index contributed by atoms with van der Waals surface area (Å²) in [6, 6.07) is 8.39. The van der Waals surface area contributed by atoms with Gasteiger partial charge in [-0.2, -0.15) is 0 Å². The fourth-order valence-corrected chi connectivity index (χ4v) is 4.36. The van der Waals surface area contributed by atoms with E-state index in [4.69, 9.17) is 22.2 Å². The number of halogens is 2. The number of nitrogen functional groups attached to an aromatic ring is 1. The van der Waals surface area contributed by atoms with Gasteiger partial charge in [-0.25, -0.2) is 15.0 Å². The molecule has 0 spiro atoms. The molecule has 2 aromatic rings. The van der Waals surface area contributed by atoms with E-state index in [9.17, 15) is 18.8 Å². The number of anilines is 1. The van der Waals surface area contributed by atoms with E-state index in [0.29, 0.717) is 15.6 Å². The number of nitrogens with zero attached hydrogens (tertiary/aromatic N) is 1. The van der Waals surface area contributed by atoms with E-state index in [1.165, 1.54) is 28.8 Å². The van der Waals surface area contributed by atoms with E-state index < -0.39 is 35.4 Å². The molecular formula is C22H24ClFN4O4S. The van der Waals surface area contributed by atoms with E-state index >= 15 is 0 Å². The van der Waals surface area contributed by atoms with Crippen LogP contribution in [0.1, 0.15) is 36.7 Å². The van der Waals surface area contributed by atoms with Crippen LogP contribution in [0.25, 0.3) is 0 Å². The van der Waals surface area contributed by atoms with Crippen LogP contribution in [-0.4, -0.2) is 35.3 Å². The number of ether oxygens (including phenoxy) is 1. The summed E-state index contributed by atoms with van der Waals surface area (Å²) in [7, 11) is 0. The Morgan fingerprint density at radius 2 is 1.94 bits per heavy atom. The topological polar surface area (TPSA) is 114 Å². The highest BCUT2D eigenvalue weighted by atomic mass is 35.5. The third-order valence-electron chi connectivity index (χ3n) is 4.63. The Morgan fingerprint density at radius 1 is 1.27 bits per heavy atom. The summed E-state index contributed by atoms with van der Waals surface area (Å²) < 4.78 is 19.9. The molecule has 1 aliphatic heterocycles. The summed E-state index contributed by atoms with van der Waals surface area (Å²) >= 11 is 7.15. The molecule has 3 amide bonds. The maximum atomic E-state index is 14.6. The molecule has 1 heterocycles. The number of nitrogens with one attached hydrogen (secondary N) is 2. The zero-order valence-electron chi connectivity index (χ0n) is 18.3. The molecular weight excluding hydrogens is 471 g/mol. The average Bonchev–Trinajstić information content (AvgIpc) is 2.85. The van der Waals surface area contributed by atoms with Gasteiger partial charge in [-0.15, -0.1) is 11.8 Å². The van der Waals surface area contributed by atoms with Crippen molar-refractivity contribution in [3.8, 4) is 0 Å². The van der Waals surface area contributed by atoms with Gasteiger partial charge in [-0.1, -0.05) is 23.7 Å². The number of hydrazine groups is 1. The first-order chi connectivity index (χ1) is 15.5. The zero-order valence-corrected chi connectivity index (χ0v) is 19.8. The van der Waals surface area contributed by atoms with Crippen molar-refractivity contribution in [2.24, 2.45) is 5.84 Å². The van der Waals surface area contributed by atoms with Crippen LogP contribution in [0.3, 0.4) is 0 Å². The summed E-state index contributed by atoms with van der Waals surface area (Å²) in [5.74, 6) is 3.28. The van der Waals surface area contributed by atoms with Crippen LogP contribution >= 0.6 is 23.4 Å². The molecule has 1 aliphatic rings. The zero-order chi connectivity index (χ0) is 24.3. The highest BCUT2D eigenvalue weighted by Gasteiger charge is 2.34. The van der Waals surface area contributed by atoms with Crippen LogP contribution in [-0.2, 0) is 16.1 Å². The Kier molecular flexibility index (Phi) is 7.51. The number of rotatable bonds is 4. The molecule has 3 rings (SSSR count). The number of amides is 3. The predicted molar refractivity (Wildman–Crippen MR) is 125 cm³/mol. The standard InChI is InChI=1S/C22H24ClFN4O4S/c1-22(2,3)32-21(31)26-16-11-33-18-9-15(24)14(19(29)27-25)8-17(18)28(20(16)30)10-12-4-6-13(23)7-5-12/h4-9,16H,10-11,25H2,1-3H3,(H,26,31)(H,27,29)/t16-/m0/s1. The molecule has 11 heteroatoms. The van der Waals surface area contributed by atoms with Crippen LogP contribution in [0, 0.1) is 5.82 Å². The van der Waals surface area contributed by atoms with Gasteiger partial charge in [0.25, 0.3) is 11.8 Å². The number of benzene rings is 2. The lowest BCUT2D eigenvalue weighted by atomic mass is 10.1. The Balaban J connectivity index is 2.01. The van der Waals surface area contributed by atoms with Crippen LogP contribution in [0.4, 0.5) is 14.9 Å². The molecule has 176 valence electrons. The maximum absolute atomic E-state index is 14.6. The van der Waals surface area contributed by atoms with Gasteiger partial charge < -0.3 is 15.0 Å². The number of fused-ring (bicyclic) bond motifs is 1. The van der Waals surface area contributed by atoms with Crippen molar-refractivity contribution in [1.82, 2.24) is 10.7 Å². The summed E-state index contributed by atoms with van der Waals surface area (Å²) in [6.45, 7) is 5.24. The normalized spacial score (nSPS) is 16.0. The molecule has 0 bridgehead atoms. The summed E-state index contributed by atoms with van der Waals surface area (Å²) in [4.78, 5) is 39.8. The number of nitrogens with two attached hydrogens (primary N) is 1. The van der Waals surface area contributed by atoms with Crippen LogP contribution < -0.4 is 21.5 Å². The molecule has 8 nitrogen and oxygen atoms in total. The molecule has 2 aromatic carbocycles. The minimum absolute atomic E-state index is 0.103. The summed E-state index contributed by atoms with van der Waals surface area (Å²) in [6.07, 6.45) is -0.742. The minimum Gasteiger partial charge on any atom is -0.444 e. The molecule has 0 saturated carbocycles. The highest BCUT2D eigenvalue weighted by molar-refractivity contribution is 7.99. The SMILES string of the molecule is CC(C)(C)OC(=O)N[C@H]1CSc2cc(F)c(C(=O)NN)cc2N(Cc2ccc(Cl)cc2)C1=O. The van der Waals surface area contributed by atoms with Crippen molar-refractivity contribution in [3.05, 3.63) is 58.4 Å². The quantitative estimate of drug-likeness (QED) is 0.340. The fraction of sp³-hybridized carbons (Fsp3) is 0.318. The number of carbonyl (C=O) groups is 3. The summed E-state index contributed by atoms with van der Waals surface area (Å²) in [5.41, 5.74) is 1.93. The van der Waals surface area contributed by atoms with E-state index in [1.807, 2.05) is 5.43 Å². The van der Waals surface area contributed by atoms with E-state index in [0.717, 1.165) is 5.56 Å². The third kappa shape index (κ3) is 6.16. The van der Waals surface area contributed by atoms with Crippen molar-refractivity contribution < 1.29 is 23.5 Å². The molecule has 0 fully saturated rings. The number of hydrogen-bond donors (Lipinski definition) is 3. The minimum atomic E-state index is -0.945. The molecule has 0 aliphatic carbocycles. The second-order valence-electron chi connectivity index (χ2n) is 8.33. The number of hydrogen-bond acceptors (Lipinski definition) is 6. The molecule has 4 N–H and O–H groups in total. The van der Waals surface area contributed by atoms with Gasteiger partial charge in [0.15, 0.2) is 0 Å². The average molecular weight is 495 g/mol. The molecule has 0 unspecified atom stereocenters. The molecule has 0 aromatic heterocycles. The van der Waals surface area contributed by atoms with E-state index in [1.54, 1.807) is 45.0 Å². The highest BCUT2D eigenvalue weighted by Crippen LogP contribution is 2.37. The van der Waals surface area contributed by atoms with Gasteiger partial charge in [0.05, 0.1) is 17.8 Å². The predicted octanol–water partition coefficient (Wildman–Crippen LogP) is 3.61. The first-order valence-electron chi connectivity index (χ1n) is 10.0. The van der Waals surface area contributed by atoms with Gasteiger partial charge in [-0.05, 0) is 50.6 Å². The van der Waals surface area contributed by atoms with Gasteiger partial charge in [-0.3, -0.25) is 15.0 Å². The lowest BCUT2D eigenvalue weighted by molar-refractivity contribution is -0.120. The number of alkyl carbamates (subject to hydrolysis) is 1. The first kappa shape index (κ1) is 24.8. The fourth-order valence-electron chi connectivity index (χ4n) is 3.16. The number of carbonyl (C=O) groups excluding carboxylic acids is 3. The van der Waals surface area contributed by atoms with Crippen LogP contribution in [0.15, 0.2) is 41.3 Å². The van der Waals surface area contributed by atoms with Gasteiger partial charge in [0, 0.05) is 15.7 Å². The van der Waals surface area contributed by atoms with E-state index in [2.05, 4.69) is 5.32 Å². The Bertz CT molecular complexity index is 1080. The number of thioether (sulfide) groups is 1. The Morgan fingerprint density at radius 3 is 2.55 bits per heavy atom. The second kappa shape index (κ2) is 9.98. The monoisotopic (exact) mass is 494 g/mol. The summed E-state index contributed by atoms with van der Waals surface area (Å²) in [5, 5.41) is 3.13. The van der Waals surface area contributed by atoms with Crippen molar-refractivity contribution in [2.75, 3.05) is 10.7 Å². The van der Waals surface area contributed by atoms with Crippen LogP contribution in [0.5, 0.6) is 0 Å². The lowest BCUT2D eigenvalue weighted by Crippen LogP contribution is -2.50. The van der Waals surface area contributed by atoms with Gasteiger partial charge >= 0.3 is 6.09 Å². The van der Waals surface area contributed by atoms with Crippen molar-refractivity contribution in [1.29, 1.82) is 0 Å². The van der Waals surface area contributed by atoms with Crippen LogP contribution in [0.2, 0.25) is 5.02 Å². The largest absolute Gasteiger partial charge is 0.444 e. The van der Waals surface area contributed by atoms with Crippen molar-refractivity contribution >= 4 is 47.0 Å². The van der Waals surface area contributed by atoms with E-state index in [-0.39, 0.29) is 17.9 Å². The third-order valence-corrected chi connectivity index (χ3v) is 6.02. The molecule has 0 radical (unpaired) electrons. The molecule has 0 saturated heterocycles. The molecule has 1 atom stereocenters. The smallest absolute Gasteiger partial charge is 0.408 e. The van der Waals surface area contributed by atoms with Crippen molar-refractivity contribution in [3.63, 3.8) is 0 Å². The Labute approximate surface area is 199 Å². The van der Waals surface area contributed by atoms with Gasteiger partial charge in [0.1, 0.15) is 17.5 Å². The first-order valence-corrected chi connectivity index (χ1v) is 11.4. The van der Waals surface area contributed by atoms with Gasteiger partial charge in [0.2, 0.25) is 0 Å². The lowest BCUT2D eigenvalue weighted by Gasteiger charge is -2.27. The Hall–Kier alpha value is -2.82.